The summed E-state index contributed by atoms with van der Waals surface area (Å²) in [6.45, 7) is 0.702. The van der Waals surface area contributed by atoms with Crippen LogP contribution in [0, 0.1) is 0 Å². The number of fused-ring (bicyclic) bond motifs is 2. The molecular weight excluding hydrogens is 332 g/mol. The summed E-state index contributed by atoms with van der Waals surface area (Å²) in [6.07, 6.45) is 6.83. The highest BCUT2D eigenvalue weighted by atomic mass is 16.1. The lowest BCUT2D eigenvalue weighted by Crippen LogP contribution is -2.06. The van der Waals surface area contributed by atoms with E-state index >= 15 is 0 Å². The Hall–Kier alpha value is -3.33. The number of hydrogen-bond acceptors (Lipinski definition) is 3. The molecule has 0 atom stereocenters. The molecule has 0 N–H and O–H groups in total. The number of Topliss-reactive ketones (excluding diaryl/α,β-unsaturated/α-hetero) is 1. The van der Waals surface area contributed by atoms with Crippen LogP contribution in [0.1, 0.15) is 33.4 Å². The molecule has 0 bridgehead atoms. The van der Waals surface area contributed by atoms with Crippen LogP contribution in [0.4, 0.5) is 0 Å². The van der Waals surface area contributed by atoms with Crippen LogP contribution in [0.2, 0.25) is 0 Å². The average Bonchev–Trinajstić information content (AvgIpc) is 3.31. The van der Waals surface area contributed by atoms with Crippen LogP contribution in [-0.2, 0) is 24.2 Å². The lowest BCUT2D eigenvalue weighted by Gasteiger charge is -2.07. The molecule has 0 radical (unpaired) electrons. The summed E-state index contributed by atoms with van der Waals surface area (Å²) in [5.41, 5.74) is 8.87. The fraction of sp³-hybridized carbons (Fsp3) is 0.125. The van der Waals surface area contributed by atoms with Gasteiger partial charge in [-0.3, -0.25) is 14.8 Å². The Morgan fingerprint density at radius 1 is 0.963 bits per heavy atom. The van der Waals surface area contributed by atoms with Crippen LogP contribution in [0.25, 0.3) is 6.08 Å². The van der Waals surface area contributed by atoms with Crippen molar-refractivity contribution in [2.75, 3.05) is 0 Å². The van der Waals surface area contributed by atoms with E-state index in [1.807, 2.05) is 42.5 Å². The summed E-state index contributed by atoms with van der Waals surface area (Å²) >= 11 is 0. The summed E-state index contributed by atoms with van der Waals surface area (Å²) < 4.78 is 0. The van der Waals surface area contributed by atoms with E-state index in [0.717, 1.165) is 34.4 Å². The van der Waals surface area contributed by atoms with Crippen molar-refractivity contribution in [3.63, 3.8) is 0 Å². The molecule has 0 spiro atoms. The molecule has 5 rings (SSSR count). The van der Waals surface area contributed by atoms with Gasteiger partial charge in [-0.1, -0.05) is 36.4 Å². The van der Waals surface area contributed by atoms with Crippen LogP contribution in [0.15, 0.2) is 77.6 Å². The van der Waals surface area contributed by atoms with Gasteiger partial charge in [0.05, 0.1) is 12.3 Å². The predicted octanol–water partition coefficient (Wildman–Crippen LogP) is 4.18. The van der Waals surface area contributed by atoms with Crippen molar-refractivity contribution in [2.45, 2.75) is 19.4 Å². The monoisotopic (exact) mass is 350 g/mol. The van der Waals surface area contributed by atoms with Crippen molar-refractivity contribution < 1.29 is 4.79 Å². The van der Waals surface area contributed by atoms with Gasteiger partial charge >= 0.3 is 0 Å². The highest BCUT2D eigenvalue weighted by molar-refractivity contribution is 6.15. The van der Waals surface area contributed by atoms with E-state index in [9.17, 15) is 4.79 Å². The minimum atomic E-state index is 0.209. The number of allylic oxidation sites excluding steroid dienone is 1. The highest BCUT2D eigenvalue weighted by Crippen LogP contribution is 2.33. The van der Waals surface area contributed by atoms with Crippen LogP contribution in [0.5, 0.6) is 0 Å². The molecule has 1 aromatic heterocycles. The second kappa shape index (κ2) is 6.44. The van der Waals surface area contributed by atoms with E-state index in [-0.39, 0.29) is 5.78 Å². The first-order valence-electron chi connectivity index (χ1n) is 9.16. The minimum absolute atomic E-state index is 0.209. The van der Waals surface area contributed by atoms with Crippen molar-refractivity contribution >= 4 is 17.6 Å². The van der Waals surface area contributed by atoms with E-state index in [1.54, 1.807) is 12.4 Å². The highest BCUT2D eigenvalue weighted by Gasteiger charge is 2.24. The number of rotatable bonds is 4. The number of carbonyl (C=O) groups excluding carboxylic acids is 1. The fourth-order valence-corrected chi connectivity index (χ4v) is 3.87. The molecule has 0 saturated heterocycles. The Bertz CT molecular complexity index is 1100. The maximum Gasteiger partial charge on any atom is 0.163 e. The molecule has 1 aliphatic heterocycles. The summed E-state index contributed by atoms with van der Waals surface area (Å²) in [5.74, 6) is 0.209. The average molecular weight is 350 g/mol. The van der Waals surface area contributed by atoms with Gasteiger partial charge in [0.25, 0.3) is 0 Å². The van der Waals surface area contributed by atoms with E-state index in [1.165, 1.54) is 16.7 Å². The van der Waals surface area contributed by atoms with Gasteiger partial charge in [0, 0.05) is 41.9 Å². The Morgan fingerprint density at radius 2 is 1.78 bits per heavy atom. The predicted molar refractivity (Wildman–Crippen MR) is 107 cm³/mol. The van der Waals surface area contributed by atoms with Gasteiger partial charge in [0.15, 0.2) is 5.78 Å². The zero-order valence-electron chi connectivity index (χ0n) is 14.9. The van der Waals surface area contributed by atoms with Gasteiger partial charge in [0.2, 0.25) is 0 Å². The summed E-state index contributed by atoms with van der Waals surface area (Å²) in [5, 5.41) is 0. The second-order valence-electron chi connectivity index (χ2n) is 7.04. The first kappa shape index (κ1) is 15.9. The third-order valence-electron chi connectivity index (χ3n) is 5.26. The van der Waals surface area contributed by atoms with Gasteiger partial charge in [0.1, 0.15) is 0 Å². The summed E-state index contributed by atoms with van der Waals surface area (Å²) in [7, 11) is 0. The van der Waals surface area contributed by atoms with Crippen LogP contribution >= 0.6 is 0 Å². The molecule has 3 heteroatoms. The summed E-state index contributed by atoms with van der Waals surface area (Å²) in [4.78, 5) is 21.5. The van der Waals surface area contributed by atoms with Crippen molar-refractivity contribution in [1.82, 2.24) is 4.98 Å². The number of nitrogens with zero attached hydrogens (tertiary/aromatic N) is 2. The number of aromatic nitrogens is 1. The number of hydrogen-bond donors (Lipinski definition) is 0. The Labute approximate surface area is 158 Å². The van der Waals surface area contributed by atoms with Gasteiger partial charge in [-0.05, 0) is 46.5 Å². The van der Waals surface area contributed by atoms with Crippen molar-refractivity contribution in [3.8, 4) is 0 Å². The molecule has 0 saturated carbocycles. The number of benzene rings is 2. The third kappa shape index (κ3) is 2.91. The van der Waals surface area contributed by atoms with Gasteiger partial charge < -0.3 is 0 Å². The standard InChI is InChI=1S/C24H18N2O/c27-23(10-16-4-2-1-3-5-16)20-11-18-13-21-15-26-24(17-6-8-25-9-7-17)22(21)14-19(18)12-20/h1-9,12-14H,10-11,15H2. The van der Waals surface area contributed by atoms with Crippen LogP contribution in [-0.4, -0.2) is 16.5 Å². The third-order valence-corrected chi connectivity index (χ3v) is 5.26. The van der Waals surface area contributed by atoms with Gasteiger partial charge in [-0.25, -0.2) is 0 Å². The number of aliphatic imine (C=N–C) groups is 1. The van der Waals surface area contributed by atoms with E-state index in [4.69, 9.17) is 4.99 Å². The van der Waals surface area contributed by atoms with Crippen molar-refractivity contribution in [3.05, 3.63) is 106 Å². The maximum atomic E-state index is 12.7. The summed E-state index contributed by atoms with van der Waals surface area (Å²) in [6, 6.07) is 18.3. The molecule has 1 aliphatic carbocycles. The van der Waals surface area contributed by atoms with Crippen LogP contribution in [0.3, 0.4) is 0 Å². The number of ketones is 1. The SMILES string of the molecule is O=C(Cc1ccccc1)C1=Cc2cc3c(cc2C1)CN=C3c1ccncc1. The molecular formula is C24H18N2O. The second-order valence-corrected chi connectivity index (χ2v) is 7.04. The zero-order chi connectivity index (χ0) is 18.2. The molecule has 0 amide bonds. The molecule has 3 aromatic rings. The molecule has 27 heavy (non-hydrogen) atoms. The van der Waals surface area contributed by atoms with Gasteiger partial charge in [-0.15, -0.1) is 0 Å². The normalized spacial score (nSPS) is 14.4. The number of carbonyl (C=O) groups is 1. The molecule has 130 valence electrons. The topological polar surface area (TPSA) is 42.3 Å². The van der Waals surface area contributed by atoms with Crippen molar-refractivity contribution in [2.24, 2.45) is 4.99 Å². The van der Waals surface area contributed by atoms with Crippen molar-refractivity contribution in [1.29, 1.82) is 0 Å². The minimum Gasteiger partial charge on any atom is -0.294 e. The smallest absolute Gasteiger partial charge is 0.163 e. The Morgan fingerprint density at radius 3 is 2.59 bits per heavy atom. The van der Waals surface area contributed by atoms with Crippen LogP contribution < -0.4 is 0 Å². The first-order chi connectivity index (χ1) is 13.3. The largest absolute Gasteiger partial charge is 0.294 e. The Kier molecular flexibility index (Phi) is 3.79. The lowest BCUT2D eigenvalue weighted by molar-refractivity contribution is -0.114. The molecule has 0 unspecified atom stereocenters. The van der Waals surface area contributed by atoms with E-state index in [0.29, 0.717) is 13.0 Å². The molecule has 2 aromatic carbocycles. The molecule has 0 fully saturated rings. The quantitative estimate of drug-likeness (QED) is 0.708. The first-order valence-corrected chi connectivity index (χ1v) is 9.16. The molecule has 3 nitrogen and oxygen atoms in total. The Balaban J connectivity index is 1.43. The number of pyridine rings is 1. The molecule has 2 heterocycles. The zero-order valence-corrected chi connectivity index (χ0v) is 14.9. The lowest BCUT2D eigenvalue weighted by atomic mass is 9.96. The van der Waals surface area contributed by atoms with Gasteiger partial charge in [-0.2, -0.15) is 0 Å². The maximum absolute atomic E-state index is 12.7. The fourth-order valence-electron chi connectivity index (χ4n) is 3.87. The van der Waals surface area contributed by atoms with E-state index in [2.05, 4.69) is 23.2 Å². The van der Waals surface area contributed by atoms with E-state index < -0.39 is 0 Å². The molecule has 2 aliphatic rings.